The molecule has 0 aliphatic heterocycles. The zero-order valence-corrected chi connectivity index (χ0v) is 14.0. The Morgan fingerprint density at radius 3 is 2.25 bits per heavy atom. The van der Waals surface area contributed by atoms with E-state index in [1.807, 2.05) is 20.9 Å². The summed E-state index contributed by atoms with van der Waals surface area (Å²) in [6, 6.07) is 6.48. The largest absolute Gasteiger partial charge is 0.389 e. The summed E-state index contributed by atoms with van der Waals surface area (Å²) < 4.78 is 0. The van der Waals surface area contributed by atoms with Crippen molar-refractivity contribution in [2.24, 2.45) is 0 Å². The fourth-order valence-corrected chi connectivity index (χ4v) is 2.25. The molecule has 114 valence electrons. The smallest absolute Gasteiger partial charge is 0.0765 e. The number of nitrogens with zero attached hydrogens (tertiary/aromatic N) is 1. The first-order valence-electron chi connectivity index (χ1n) is 7.26. The molecule has 3 heteroatoms. The van der Waals surface area contributed by atoms with E-state index in [0.29, 0.717) is 6.54 Å². The van der Waals surface area contributed by atoms with Gasteiger partial charge in [-0.2, -0.15) is 0 Å². The minimum Gasteiger partial charge on any atom is -0.389 e. The summed E-state index contributed by atoms with van der Waals surface area (Å²) in [5, 5.41) is 13.5. The highest BCUT2D eigenvalue weighted by molar-refractivity contribution is 5.54. The maximum atomic E-state index is 10.00. The zero-order chi connectivity index (χ0) is 15.6. The van der Waals surface area contributed by atoms with Gasteiger partial charge in [0, 0.05) is 31.4 Å². The molecule has 20 heavy (non-hydrogen) atoms. The molecule has 0 aliphatic carbocycles. The van der Waals surface area contributed by atoms with Crippen LogP contribution < -0.4 is 10.2 Å². The Balaban J connectivity index is 2.95. The van der Waals surface area contributed by atoms with Crippen LogP contribution in [0.15, 0.2) is 18.2 Å². The predicted octanol–water partition coefficient (Wildman–Crippen LogP) is 3.09. The highest BCUT2D eigenvalue weighted by Crippen LogP contribution is 2.23. The minimum atomic E-state index is -0.700. The van der Waals surface area contributed by atoms with Gasteiger partial charge in [0.2, 0.25) is 0 Å². The minimum absolute atomic E-state index is 0.0931. The molecule has 1 aromatic rings. The fraction of sp³-hybridized carbons (Fsp3) is 0.647. The molecular formula is C17H30N2O. The molecule has 0 aromatic heterocycles. The van der Waals surface area contributed by atoms with Crippen LogP contribution in [0, 0.1) is 6.92 Å². The van der Waals surface area contributed by atoms with E-state index in [0.717, 1.165) is 6.54 Å². The number of likely N-dealkylation sites (N-methyl/N-ethyl adjacent to an activating group) is 1. The highest BCUT2D eigenvalue weighted by atomic mass is 16.3. The number of rotatable bonds is 5. The molecule has 1 rings (SSSR count). The molecule has 1 aromatic carbocycles. The molecule has 0 aliphatic rings. The van der Waals surface area contributed by atoms with E-state index >= 15 is 0 Å². The molecule has 0 saturated heterocycles. The van der Waals surface area contributed by atoms with Crippen molar-refractivity contribution in [2.75, 3.05) is 18.5 Å². The average molecular weight is 278 g/mol. The van der Waals surface area contributed by atoms with Crippen LogP contribution in [0.2, 0.25) is 0 Å². The van der Waals surface area contributed by atoms with Crippen molar-refractivity contribution in [3.63, 3.8) is 0 Å². The summed E-state index contributed by atoms with van der Waals surface area (Å²) in [4.78, 5) is 2.12. The van der Waals surface area contributed by atoms with E-state index < -0.39 is 5.60 Å². The van der Waals surface area contributed by atoms with Gasteiger partial charge in [0.15, 0.2) is 0 Å². The second-order valence-electron chi connectivity index (χ2n) is 7.40. The third kappa shape index (κ3) is 5.93. The Labute approximate surface area is 124 Å². The van der Waals surface area contributed by atoms with Crippen molar-refractivity contribution in [2.45, 2.75) is 59.2 Å². The first-order valence-corrected chi connectivity index (χ1v) is 7.26. The van der Waals surface area contributed by atoms with Crippen LogP contribution in [0.5, 0.6) is 0 Å². The molecule has 0 saturated carbocycles. The van der Waals surface area contributed by atoms with Gasteiger partial charge in [0.25, 0.3) is 0 Å². The second kappa shape index (κ2) is 6.15. The molecule has 0 bridgehead atoms. The van der Waals surface area contributed by atoms with E-state index in [2.05, 4.69) is 56.1 Å². The summed E-state index contributed by atoms with van der Waals surface area (Å²) in [6.45, 7) is 13.7. The summed E-state index contributed by atoms with van der Waals surface area (Å²) in [5.41, 5.74) is 3.10. The Kier molecular flexibility index (Phi) is 5.22. The summed E-state index contributed by atoms with van der Waals surface area (Å²) in [5.74, 6) is 0. The Hall–Kier alpha value is -1.06. The van der Waals surface area contributed by atoms with E-state index in [-0.39, 0.29) is 5.54 Å². The maximum Gasteiger partial charge on any atom is 0.0765 e. The van der Waals surface area contributed by atoms with E-state index in [4.69, 9.17) is 0 Å². The van der Waals surface area contributed by atoms with Crippen molar-refractivity contribution in [3.05, 3.63) is 29.3 Å². The topological polar surface area (TPSA) is 35.5 Å². The van der Waals surface area contributed by atoms with Gasteiger partial charge < -0.3 is 15.3 Å². The molecule has 0 unspecified atom stereocenters. The normalized spacial score (nSPS) is 12.6. The lowest BCUT2D eigenvalue weighted by Gasteiger charge is -2.30. The third-order valence-electron chi connectivity index (χ3n) is 3.08. The fourth-order valence-electron chi connectivity index (χ4n) is 2.25. The predicted molar refractivity (Wildman–Crippen MR) is 87.3 cm³/mol. The van der Waals surface area contributed by atoms with Crippen LogP contribution >= 0.6 is 0 Å². The van der Waals surface area contributed by atoms with Gasteiger partial charge in [-0.05, 0) is 53.2 Å². The summed E-state index contributed by atoms with van der Waals surface area (Å²) in [6.07, 6.45) is 0. The highest BCUT2D eigenvalue weighted by Gasteiger charge is 2.18. The SMILES string of the molecule is Cc1ccc(N(C)CC(C)(C)O)c(CNC(C)(C)C)c1. The lowest BCUT2D eigenvalue weighted by Crippen LogP contribution is -2.38. The second-order valence-corrected chi connectivity index (χ2v) is 7.40. The molecule has 3 nitrogen and oxygen atoms in total. The van der Waals surface area contributed by atoms with Gasteiger partial charge in [-0.3, -0.25) is 0 Å². The molecular weight excluding hydrogens is 248 g/mol. The molecule has 0 atom stereocenters. The van der Waals surface area contributed by atoms with Crippen molar-refractivity contribution in [1.82, 2.24) is 5.32 Å². The quantitative estimate of drug-likeness (QED) is 0.869. The Morgan fingerprint density at radius 2 is 1.75 bits per heavy atom. The van der Waals surface area contributed by atoms with Gasteiger partial charge in [-0.25, -0.2) is 0 Å². The van der Waals surface area contributed by atoms with E-state index in [1.165, 1.54) is 16.8 Å². The van der Waals surface area contributed by atoms with Crippen LogP contribution in [0.1, 0.15) is 45.7 Å². The number of hydrogen-bond acceptors (Lipinski definition) is 3. The van der Waals surface area contributed by atoms with Gasteiger partial charge in [-0.1, -0.05) is 17.7 Å². The summed E-state index contributed by atoms with van der Waals surface area (Å²) >= 11 is 0. The number of aryl methyl sites for hydroxylation is 1. The van der Waals surface area contributed by atoms with Crippen LogP contribution in [-0.2, 0) is 6.54 Å². The third-order valence-corrected chi connectivity index (χ3v) is 3.08. The lowest BCUT2D eigenvalue weighted by molar-refractivity contribution is 0.0886. The molecule has 0 spiro atoms. The van der Waals surface area contributed by atoms with E-state index in [1.54, 1.807) is 0 Å². The molecule has 2 N–H and O–H groups in total. The number of benzene rings is 1. The number of hydrogen-bond donors (Lipinski definition) is 2. The van der Waals surface area contributed by atoms with Crippen molar-refractivity contribution < 1.29 is 5.11 Å². The number of aliphatic hydroxyl groups is 1. The standard InChI is InChI=1S/C17H30N2O/c1-13-8-9-15(19(7)12-17(5,6)20)14(10-13)11-18-16(2,3)4/h8-10,18,20H,11-12H2,1-7H3. The molecule has 0 radical (unpaired) electrons. The molecule has 0 fully saturated rings. The van der Waals surface area contributed by atoms with Gasteiger partial charge in [0.05, 0.1) is 5.60 Å². The van der Waals surface area contributed by atoms with Crippen molar-refractivity contribution >= 4 is 5.69 Å². The average Bonchev–Trinajstić information content (AvgIpc) is 2.22. The maximum absolute atomic E-state index is 10.00. The van der Waals surface area contributed by atoms with E-state index in [9.17, 15) is 5.11 Å². The molecule has 0 amide bonds. The number of anilines is 1. The first-order chi connectivity index (χ1) is 8.98. The van der Waals surface area contributed by atoms with Crippen molar-refractivity contribution in [3.8, 4) is 0 Å². The summed E-state index contributed by atoms with van der Waals surface area (Å²) in [7, 11) is 2.03. The zero-order valence-electron chi connectivity index (χ0n) is 14.0. The monoisotopic (exact) mass is 278 g/mol. The Bertz CT molecular complexity index is 441. The molecule has 0 heterocycles. The lowest BCUT2D eigenvalue weighted by atomic mass is 10.0. The van der Waals surface area contributed by atoms with Gasteiger partial charge in [0.1, 0.15) is 0 Å². The van der Waals surface area contributed by atoms with Crippen LogP contribution in [0.3, 0.4) is 0 Å². The van der Waals surface area contributed by atoms with Gasteiger partial charge in [-0.15, -0.1) is 0 Å². The Morgan fingerprint density at radius 1 is 1.15 bits per heavy atom. The van der Waals surface area contributed by atoms with Crippen LogP contribution in [0.4, 0.5) is 5.69 Å². The number of nitrogens with one attached hydrogen (secondary N) is 1. The van der Waals surface area contributed by atoms with Crippen LogP contribution in [0.25, 0.3) is 0 Å². The van der Waals surface area contributed by atoms with Gasteiger partial charge >= 0.3 is 0 Å². The van der Waals surface area contributed by atoms with Crippen molar-refractivity contribution in [1.29, 1.82) is 0 Å². The van der Waals surface area contributed by atoms with Crippen LogP contribution in [-0.4, -0.2) is 29.8 Å². The first kappa shape index (κ1) is 17.0.